The van der Waals surface area contributed by atoms with Gasteiger partial charge in [0.1, 0.15) is 0 Å². The number of hydrogen-bond donors (Lipinski definition) is 1. The van der Waals surface area contributed by atoms with Crippen molar-refractivity contribution in [1.29, 1.82) is 0 Å². The summed E-state index contributed by atoms with van der Waals surface area (Å²) < 4.78 is 1.04. The molecule has 0 saturated carbocycles. The molecule has 1 rings (SSSR count). The molecule has 0 fully saturated rings. The van der Waals surface area contributed by atoms with Crippen LogP contribution in [0.3, 0.4) is 0 Å². The van der Waals surface area contributed by atoms with E-state index in [1.54, 1.807) is 0 Å². The van der Waals surface area contributed by atoms with Crippen LogP contribution in [0.25, 0.3) is 0 Å². The molecule has 1 aromatic rings. The maximum absolute atomic E-state index is 10.9. The number of aryl methyl sites for hydroxylation is 2. The van der Waals surface area contributed by atoms with Gasteiger partial charge >= 0.3 is 5.97 Å². The maximum atomic E-state index is 10.9. The van der Waals surface area contributed by atoms with Crippen LogP contribution in [0.5, 0.6) is 0 Å². The van der Waals surface area contributed by atoms with E-state index < -0.39 is 5.97 Å². The lowest BCUT2D eigenvalue weighted by molar-refractivity contribution is 0.0695. The minimum atomic E-state index is -0.840. The van der Waals surface area contributed by atoms with Crippen molar-refractivity contribution in [3.63, 3.8) is 0 Å². The zero-order valence-corrected chi connectivity index (χ0v) is 9.97. The minimum absolute atomic E-state index is 0.440. The summed E-state index contributed by atoms with van der Waals surface area (Å²) in [6.45, 7) is 5.68. The summed E-state index contributed by atoms with van der Waals surface area (Å²) in [5, 5.41) is 8.96. The van der Waals surface area contributed by atoms with Crippen molar-refractivity contribution in [2.75, 3.05) is 0 Å². The Bertz CT molecular complexity index is 370. The lowest BCUT2D eigenvalue weighted by Crippen LogP contribution is -2.05. The van der Waals surface area contributed by atoms with Crippen LogP contribution in [0, 0.1) is 24.3 Å². The molecule has 13 heavy (non-hydrogen) atoms. The number of hydrogen-bond acceptors (Lipinski definition) is 1. The lowest BCUT2D eigenvalue weighted by Gasteiger charge is -2.09. The Labute approximate surface area is 91.1 Å². The fourth-order valence-corrected chi connectivity index (χ4v) is 1.92. The van der Waals surface area contributed by atoms with Crippen LogP contribution in [0.2, 0.25) is 0 Å². The zero-order valence-electron chi connectivity index (χ0n) is 7.81. The van der Waals surface area contributed by atoms with E-state index in [-0.39, 0.29) is 0 Å². The summed E-state index contributed by atoms with van der Waals surface area (Å²) >= 11 is 2.18. The number of halogens is 1. The predicted molar refractivity (Wildman–Crippen MR) is 60.3 cm³/mol. The summed E-state index contributed by atoms with van der Waals surface area (Å²) in [6, 6.07) is 1.91. The van der Waals surface area contributed by atoms with Crippen LogP contribution in [-0.4, -0.2) is 11.1 Å². The second-order valence-electron chi connectivity index (χ2n) is 3.13. The summed E-state index contributed by atoms with van der Waals surface area (Å²) in [7, 11) is 0. The SMILES string of the molecule is Cc1cc(C)c(C(=O)O)c(C)c1I. The van der Waals surface area contributed by atoms with E-state index in [2.05, 4.69) is 22.6 Å². The van der Waals surface area contributed by atoms with Crippen molar-refractivity contribution in [1.82, 2.24) is 0 Å². The van der Waals surface area contributed by atoms with E-state index in [9.17, 15) is 4.79 Å². The first-order chi connectivity index (χ1) is 5.95. The molecule has 3 heteroatoms. The molecule has 0 radical (unpaired) electrons. The Balaban J connectivity index is 3.53. The Morgan fingerprint density at radius 3 is 2.31 bits per heavy atom. The maximum Gasteiger partial charge on any atom is 0.336 e. The van der Waals surface area contributed by atoms with E-state index in [0.29, 0.717) is 5.56 Å². The van der Waals surface area contributed by atoms with Crippen LogP contribution >= 0.6 is 22.6 Å². The molecule has 2 nitrogen and oxygen atoms in total. The molecule has 0 aromatic heterocycles. The second-order valence-corrected chi connectivity index (χ2v) is 4.21. The fraction of sp³-hybridized carbons (Fsp3) is 0.300. The molecule has 70 valence electrons. The first-order valence-electron chi connectivity index (χ1n) is 3.94. The summed E-state index contributed by atoms with van der Waals surface area (Å²) in [6.07, 6.45) is 0. The van der Waals surface area contributed by atoms with Crippen LogP contribution < -0.4 is 0 Å². The van der Waals surface area contributed by atoms with Gasteiger partial charge in [-0.25, -0.2) is 4.79 Å². The van der Waals surface area contributed by atoms with E-state index in [1.807, 2.05) is 26.8 Å². The van der Waals surface area contributed by atoms with Crippen LogP contribution in [0.1, 0.15) is 27.0 Å². The molecule has 0 bridgehead atoms. The topological polar surface area (TPSA) is 37.3 Å². The molecular formula is C10H11IO2. The number of benzene rings is 1. The van der Waals surface area contributed by atoms with E-state index in [1.165, 1.54) is 0 Å². The van der Waals surface area contributed by atoms with Gasteiger partial charge in [-0.15, -0.1) is 0 Å². The normalized spacial score (nSPS) is 10.2. The van der Waals surface area contributed by atoms with Gasteiger partial charge < -0.3 is 5.11 Å². The van der Waals surface area contributed by atoms with E-state index in [0.717, 1.165) is 20.3 Å². The average molecular weight is 290 g/mol. The van der Waals surface area contributed by atoms with Gasteiger partial charge in [0.05, 0.1) is 5.56 Å². The number of aromatic carboxylic acids is 1. The standard InChI is InChI=1S/C10H11IO2/c1-5-4-6(2)9(11)7(3)8(5)10(12)13/h4H,1-3H3,(H,12,13). The largest absolute Gasteiger partial charge is 0.478 e. The van der Waals surface area contributed by atoms with Crippen molar-refractivity contribution < 1.29 is 9.90 Å². The molecular weight excluding hydrogens is 279 g/mol. The number of rotatable bonds is 1. The third kappa shape index (κ3) is 1.85. The number of carboxylic acids is 1. The van der Waals surface area contributed by atoms with E-state index >= 15 is 0 Å². The monoisotopic (exact) mass is 290 g/mol. The Morgan fingerprint density at radius 2 is 1.85 bits per heavy atom. The first-order valence-corrected chi connectivity index (χ1v) is 5.02. The van der Waals surface area contributed by atoms with Gasteiger partial charge in [0.15, 0.2) is 0 Å². The van der Waals surface area contributed by atoms with Gasteiger partial charge in [0, 0.05) is 3.57 Å². The summed E-state index contributed by atoms with van der Waals surface area (Å²) in [5.41, 5.74) is 3.28. The molecule has 0 aliphatic carbocycles. The minimum Gasteiger partial charge on any atom is -0.478 e. The molecule has 0 spiro atoms. The smallest absolute Gasteiger partial charge is 0.336 e. The van der Waals surface area contributed by atoms with E-state index in [4.69, 9.17) is 5.11 Å². The molecule has 0 heterocycles. The Morgan fingerprint density at radius 1 is 1.31 bits per heavy atom. The molecule has 0 saturated heterocycles. The molecule has 1 aromatic carbocycles. The second kappa shape index (κ2) is 3.65. The van der Waals surface area contributed by atoms with Crippen LogP contribution in [0.15, 0.2) is 6.07 Å². The van der Waals surface area contributed by atoms with Crippen LogP contribution in [0.4, 0.5) is 0 Å². The highest BCUT2D eigenvalue weighted by Crippen LogP contribution is 2.23. The molecule has 1 N–H and O–H groups in total. The fourth-order valence-electron chi connectivity index (χ4n) is 1.49. The highest BCUT2D eigenvalue weighted by Gasteiger charge is 2.14. The van der Waals surface area contributed by atoms with Gasteiger partial charge in [-0.1, -0.05) is 6.07 Å². The third-order valence-electron chi connectivity index (χ3n) is 2.09. The summed E-state index contributed by atoms with van der Waals surface area (Å²) in [5.74, 6) is -0.840. The Hall–Kier alpha value is -0.580. The van der Waals surface area contributed by atoms with Gasteiger partial charge in [-0.3, -0.25) is 0 Å². The first kappa shape index (κ1) is 10.5. The van der Waals surface area contributed by atoms with Crippen LogP contribution in [-0.2, 0) is 0 Å². The molecule has 0 unspecified atom stereocenters. The van der Waals surface area contributed by atoms with Gasteiger partial charge in [-0.05, 0) is 60.1 Å². The van der Waals surface area contributed by atoms with Crippen molar-refractivity contribution in [2.45, 2.75) is 20.8 Å². The highest BCUT2D eigenvalue weighted by molar-refractivity contribution is 14.1. The number of carboxylic acid groups (broad SMARTS) is 1. The lowest BCUT2D eigenvalue weighted by atomic mass is 10.0. The number of carbonyl (C=O) groups is 1. The predicted octanol–water partition coefficient (Wildman–Crippen LogP) is 2.91. The van der Waals surface area contributed by atoms with Gasteiger partial charge in [0.25, 0.3) is 0 Å². The molecule has 0 aliphatic rings. The quantitative estimate of drug-likeness (QED) is 0.807. The Kier molecular flexibility index (Phi) is 2.95. The van der Waals surface area contributed by atoms with Crippen molar-refractivity contribution >= 4 is 28.6 Å². The van der Waals surface area contributed by atoms with Gasteiger partial charge in [-0.2, -0.15) is 0 Å². The van der Waals surface area contributed by atoms with Crippen molar-refractivity contribution in [3.05, 3.63) is 31.9 Å². The average Bonchev–Trinajstić information content (AvgIpc) is 1.99. The third-order valence-corrected chi connectivity index (χ3v) is 3.75. The molecule has 0 atom stereocenters. The van der Waals surface area contributed by atoms with Crippen molar-refractivity contribution in [2.24, 2.45) is 0 Å². The highest BCUT2D eigenvalue weighted by atomic mass is 127. The molecule has 0 aliphatic heterocycles. The van der Waals surface area contributed by atoms with Crippen molar-refractivity contribution in [3.8, 4) is 0 Å². The molecule has 0 amide bonds. The zero-order chi connectivity index (χ0) is 10.2. The summed E-state index contributed by atoms with van der Waals surface area (Å²) in [4.78, 5) is 10.9. The van der Waals surface area contributed by atoms with Gasteiger partial charge in [0.2, 0.25) is 0 Å².